The van der Waals surface area contributed by atoms with Crippen LogP contribution in [0.5, 0.6) is 0 Å². The van der Waals surface area contributed by atoms with Crippen LogP contribution in [0, 0.1) is 17.8 Å². The molecule has 12 heavy (non-hydrogen) atoms. The summed E-state index contributed by atoms with van der Waals surface area (Å²) >= 11 is 0. The molecule has 0 bridgehead atoms. The van der Waals surface area contributed by atoms with Crippen molar-refractivity contribution in [3.05, 3.63) is 24.3 Å². The summed E-state index contributed by atoms with van der Waals surface area (Å²) in [6, 6.07) is 0. The molecule has 0 radical (unpaired) electrons. The fraction of sp³-hybridized carbons (Fsp3) is 0.300. The van der Waals surface area contributed by atoms with Gasteiger partial charge in [0, 0.05) is 6.42 Å². The molecular formula is C10H11NO. The summed E-state index contributed by atoms with van der Waals surface area (Å²) in [4.78, 5) is 11.1. The lowest BCUT2D eigenvalue weighted by Crippen LogP contribution is -2.35. The van der Waals surface area contributed by atoms with Crippen LogP contribution in [0.1, 0.15) is 12.8 Å². The Morgan fingerprint density at radius 3 is 2.83 bits per heavy atom. The molecule has 1 atom stereocenters. The van der Waals surface area contributed by atoms with E-state index in [0.717, 1.165) is 0 Å². The minimum absolute atomic E-state index is 0.346. The normalized spacial score (nSPS) is 26.6. The van der Waals surface area contributed by atoms with E-state index in [4.69, 9.17) is 12.2 Å². The third-order valence-electron chi connectivity index (χ3n) is 2.05. The molecule has 0 fully saturated rings. The third-order valence-corrected chi connectivity index (χ3v) is 2.05. The van der Waals surface area contributed by atoms with E-state index >= 15 is 0 Å². The van der Waals surface area contributed by atoms with Crippen molar-refractivity contribution in [2.75, 3.05) is 0 Å². The number of allylic oxidation sites excluding steroid dienone is 3. The van der Waals surface area contributed by atoms with Crippen molar-refractivity contribution in [2.24, 2.45) is 11.1 Å². The van der Waals surface area contributed by atoms with Crippen LogP contribution in [0.15, 0.2) is 24.3 Å². The van der Waals surface area contributed by atoms with Gasteiger partial charge < -0.3 is 5.73 Å². The van der Waals surface area contributed by atoms with Gasteiger partial charge in [-0.3, -0.25) is 4.79 Å². The van der Waals surface area contributed by atoms with Crippen LogP contribution in [-0.2, 0) is 4.79 Å². The number of rotatable bonds is 2. The molecule has 1 amide bonds. The molecule has 0 saturated carbocycles. The van der Waals surface area contributed by atoms with Crippen LogP contribution in [0.2, 0.25) is 0 Å². The molecule has 1 aliphatic rings. The Hall–Kier alpha value is -1.49. The highest BCUT2D eigenvalue weighted by molar-refractivity contribution is 5.83. The Morgan fingerprint density at radius 1 is 1.67 bits per heavy atom. The average molecular weight is 161 g/mol. The van der Waals surface area contributed by atoms with E-state index in [9.17, 15) is 4.79 Å². The summed E-state index contributed by atoms with van der Waals surface area (Å²) in [5.74, 6) is 2.13. The predicted molar refractivity (Wildman–Crippen MR) is 48.0 cm³/mol. The van der Waals surface area contributed by atoms with Crippen LogP contribution in [-0.4, -0.2) is 5.91 Å². The fourth-order valence-electron chi connectivity index (χ4n) is 1.25. The second kappa shape index (κ2) is 3.27. The van der Waals surface area contributed by atoms with E-state index in [1.807, 2.05) is 18.2 Å². The molecule has 0 spiro atoms. The van der Waals surface area contributed by atoms with Crippen LogP contribution >= 0.6 is 0 Å². The Labute approximate surface area is 72.1 Å². The second-order valence-electron chi connectivity index (χ2n) is 2.89. The molecule has 0 aromatic heterocycles. The summed E-state index contributed by atoms with van der Waals surface area (Å²) in [6.45, 7) is 0. The quantitative estimate of drug-likeness (QED) is 0.603. The molecule has 62 valence electrons. The van der Waals surface area contributed by atoms with Crippen molar-refractivity contribution in [3.63, 3.8) is 0 Å². The lowest BCUT2D eigenvalue weighted by atomic mass is 9.78. The summed E-state index contributed by atoms with van der Waals surface area (Å²) in [6.07, 6.45) is 13.5. The van der Waals surface area contributed by atoms with Crippen molar-refractivity contribution in [2.45, 2.75) is 12.8 Å². The highest BCUT2D eigenvalue weighted by Gasteiger charge is 2.32. The lowest BCUT2D eigenvalue weighted by molar-refractivity contribution is -0.125. The number of carbonyl (C=O) groups excluding carboxylic acids is 1. The van der Waals surface area contributed by atoms with E-state index in [2.05, 4.69) is 5.92 Å². The first kappa shape index (κ1) is 8.61. The second-order valence-corrected chi connectivity index (χ2v) is 2.89. The number of hydrogen-bond donors (Lipinski definition) is 1. The first-order valence-corrected chi connectivity index (χ1v) is 3.79. The molecule has 2 heteroatoms. The fourth-order valence-corrected chi connectivity index (χ4v) is 1.25. The van der Waals surface area contributed by atoms with Crippen molar-refractivity contribution in [1.82, 2.24) is 0 Å². The Balaban J connectivity index is 2.89. The summed E-state index contributed by atoms with van der Waals surface area (Å²) in [5, 5.41) is 0. The molecule has 1 unspecified atom stereocenters. The average Bonchev–Trinajstić information content (AvgIpc) is 2.06. The van der Waals surface area contributed by atoms with Crippen LogP contribution < -0.4 is 5.73 Å². The van der Waals surface area contributed by atoms with Gasteiger partial charge in [-0.15, -0.1) is 12.3 Å². The number of hydrogen-bond acceptors (Lipinski definition) is 1. The number of amides is 1. The Bertz CT molecular complexity index is 283. The third kappa shape index (κ3) is 1.40. The van der Waals surface area contributed by atoms with Crippen molar-refractivity contribution < 1.29 is 4.79 Å². The van der Waals surface area contributed by atoms with Gasteiger partial charge >= 0.3 is 0 Å². The predicted octanol–water partition coefficient (Wildman–Crippen LogP) is 0.998. The topological polar surface area (TPSA) is 43.1 Å². The first-order valence-electron chi connectivity index (χ1n) is 3.79. The Morgan fingerprint density at radius 2 is 2.42 bits per heavy atom. The zero-order chi connectivity index (χ0) is 9.03. The van der Waals surface area contributed by atoms with Crippen molar-refractivity contribution >= 4 is 5.91 Å². The molecule has 0 aromatic rings. The van der Waals surface area contributed by atoms with Gasteiger partial charge in [-0.25, -0.2) is 0 Å². The maximum absolute atomic E-state index is 11.1. The molecule has 1 aliphatic carbocycles. The largest absolute Gasteiger partial charge is 0.369 e. The molecule has 0 aromatic carbocycles. The van der Waals surface area contributed by atoms with Crippen molar-refractivity contribution in [3.8, 4) is 12.3 Å². The van der Waals surface area contributed by atoms with Gasteiger partial charge in [0.25, 0.3) is 0 Å². The minimum atomic E-state index is -0.635. The number of primary amides is 1. The minimum Gasteiger partial charge on any atom is -0.369 e. The standard InChI is InChI=1S/C10H11NO/c1-2-6-10(9(11)12)7-4-3-5-8-10/h1,3-5,7H,6,8H2,(H2,11,12). The van der Waals surface area contributed by atoms with E-state index < -0.39 is 5.41 Å². The molecule has 0 saturated heterocycles. The van der Waals surface area contributed by atoms with E-state index in [1.54, 1.807) is 6.08 Å². The van der Waals surface area contributed by atoms with Gasteiger partial charge in [0.2, 0.25) is 5.91 Å². The zero-order valence-electron chi connectivity index (χ0n) is 6.79. The smallest absolute Gasteiger partial charge is 0.228 e. The molecule has 2 nitrogen and oxygen atoms in total. The summed E-state index contributed by atoms with van der Waals surface area (Å²) < 4.78 is 0. The number of terminal acetylenes is 1. The van der Waals surface area contributed by atoms with Gasteiger partial charge in [0.15, 0.2) is 0 Å². The molecule has 1 rings (SSSR count). The van der Waals surface area contributed by atoms with Crippen LogP contribution in [0.25, 0.3) is 0 Å². The highest BCUT2D eigenvalue weighted by Crippen LogP contribution is 2.30. The van der Waals surface area contributed by atoms with Gasteiger partial charge in [-0.2, -0.15) is 0 Å². The number of nitrogens with two attached hydrogens (primary N) is 1. The lowest BCUT2D eigenvalue weighted by Gasteiger charge is -2.24. The zero-order valence-corrected chi connectivity index (χ0v) is 6.79. The molecule has 2 N–H and O–H groups in total. The van der Waals surface area contributed by atoms with E-state index in [1.165, 1.54) is 0 Å². The monoisotopic (exact) mass is 161 g/mol. The van der Waals surface area contributed by atoms with Gasteiger partial charge in [-0.1, -0.05) is 24.3 Å². The number of carbonyl (C=O) groups is 1. The first-order chi connectivity index (χ1) is 5.71. The molecule has 0 aliphatic heterocycles. The summed E-state index contributed by atoms with van der Waals surface area (Å²) in [5.41, 5.74) is 4.63. The van der Waals surface area contributed by atoms with Gasteiger partial charge in [0.05, 0.1) is 5.41 Å². The summed E-state index contributed by atoms with van der Waals surface area (Å²) in [7, 11) is 0. The molecule has 0 heterocycles. The Kier molecular flexibility index (Phi) is 2.35. The van der Waals surface area contributed by atoms with Gasteiger partial charge in [-0.05, 0) is 6.42 Å². The highest BCUT2D eigenvalue weighted by atomic mass is 16.1. The maximum atomic E-state index is 11.1. The molecular weight excluding hydrogens is 150 g/mol. The van der Waals surface area contributed by atoms with E-state index in [0.29, 0.717) is 12.8 Å². The maximum Gasteiger partial charge on any atom is 0.228 e. The van der Waals surface area contributed by atoms with Gasteiger partial charge in [0.1, 0.15) is 0 Å². The SMILES string of the molecule is C#CCC1(C(N)=O)C=CC=CC1. The van der Waals surface area contributed by atoms with Crippen molar-refractivity contribution in [1.29, 1.82) is 0 Å². The van der Waals surface area contributed by atoms with E-state index in [-0.39, 0.29) is 5.91 Å². The van der Waals surface area contributed by atoms with Crippen LogP contribution in [0.3, 0.4) is 0 Å². The van der Waals surface area contributed by atoms with Crippen LogP contribution in [0.4, 0.5) is 0 Å².